The second-order valence-corrected chi connectivity index (χ2v) is 5.39. The molecule has 0 aliphatic carbocycles. The molecule has 3 aromatic rings. The predicted molar refractivity (Wildman–Crippen MR) is 93.1 cm³/mol. The van der Waals surface area contributed by atoms with Crippen molar-refractivity contribution in [1.82, 2.24) is 10.2 Å². The monoisotopic (exact) mass is 357 g/mol. The zero-order valence-corrected chi connectivity index (χ0v) is 13.8. The van der Waals surface area contributed by atoms with E-state index in [9.17, 15) is 10.1 Å². The standard InChI is InChI=1S/C17H12ClN3O4/c1-24-14-8-2-11(3-9-14)10-15(18)17-20-19-16(25-17)12-4-6-13(7-5-12)21(22)23/h2-10H,1H3. The third kappa shape index (κ3) is 3.84. The topological polar surface area (TPSA) is 91.3 Å². The minimum atomic E-state index is -0.475. The highest BCUT2D eigenvalue weighted by Gasteiger charge is 2.13. The maximum Gasteiger partial charge on any atom is 0.269 e. The zero-order valence-electron chi connectivity index (χ0n) is 13.0. The summed E-state index contributed by atoms with van der Waals surface area (Å²) in [6.07, 6.45) is 1.69. The molecule has 2 aromatic carbocycles. The van der Waals surface area contributed by atoms with Gasteiger partial charge in [-0.1, -0.05) is 23.7 Å². The number of ether oxygens (including phenoxy) is 1. The summed E-state index contributed by atoms with van der Waals surface area (Å²) < 4.78 is 10.6. The van der Waals surface area contributed by atoms with E-state index in [0.29, 0.717) is 5.56 Å². The molecular formula is C17H12ClN3O4. The smallest absolute Gasteiger partial charge is 0.269 e. The van der Waals surface area contributed by atoms with Crippen LogP contribution in [0.2, 0.25) is 0 Å². The van der Waals surface area contributed by atoms with Gasteiger partial charge in [0.05, 0.1) is 12.0 Å². The van der Waals surface area contributed by atoms with Gasteiger partial charge in [0, 0.05) is 17.7 Å². The summed E-state index contributed by atoms with van der Waals surface area (Å²) in [5.41, 5.74) is 1.40. The lowest BCUT2D eigenvalue weighted by molar-refractivity contribution is -0.384. The summed E-state index contributed by atoms with van der Waals surface area (Å²) in [6.45, 7) is 0. The van der Waals surface area contributed by atoms with Crippen molar-refractivity contribution in [3.05, 3.63) is 70.1 Å². The van der Waals surface area contributed by atoms with Crippen molar-refractivity contribution in [3.8, 4) is 17.2 Å². The molecule has 8 heteroatoms. The molecule has 0 atom stereocenters. The molecule has 0 saturated carbocycles. The molecule has 0 bridgehead atoms. The Morgan fingerprint density at radius 1 is 1.16 bits per heavy atom. The van der Waals surface area contributed by atoms with Crippen LogP contribution in [0.15, 0.2) is 52.9 Å². The Morgan fingerprint density at radius 3 is 2.44 bits per heavy atom. The number of methoxy groups -OCH3 is 1. The summed E-state index contributed by atoms with van der Waals surface area (Å²) in [5.74, 6) is 1.13. The van der Waals surface area contributed by atoms with Crippen molar-refractivity contribution in [3.63, 3.8) is 0 Å². The molecule has 0 saturated heterocycles. The molecule has 126 valence electrons. The van der Waals surface area contributed by atoms with Gasteiger partial charge in [-0.15, -0.1) is 10.2 Å². The number of non-ortho nitro benzene ring substituents is 1. The fourth-order valence-electron chi connectivity index (χ4n) is 2.07. The molecule has 3 rings (SSSR count). The first-order chi connectivity index (χ1) is 12.1. The van der Waals surface area contributed by atoms with Crippen LogP contribution in [-0.4, -0.2) is 22.2 Å². The number of aromatic nitrogens is 2. The van der Waals surface area contributed by atoms with E-state index >= 15 is 0 Å². The van der Waals surface area contributed by atoms with Crippen molar-refractivity contribution in [2.45, 2.75) is 0 Å². The lowest BCUT2D eigenvalue weighted by Crippen LogP contribution is -1.87. The van der Waals surface area contributed by atoms with Crippen LogP contribution in [-0.2, 0) is 0 Å². The first kappa shape index (κ1) is 16.7. The van der Waals surface area contributed by atoms with Crippen molar-refractivity contribution >= 4 is 28.4 Å². The van der Waals surface area contributed by atoms with Gasteiger partial charge in [-0.25, -0.2) is 0 Å². The van der Waals surface area contributed by atoms with Crippen LogP contribution in [0.5, 0.6) is 5.75 Å². The number of benzene rings is 2. The highest BCUT2D eigenvalue weighted by Crippen LogP contribution is 2.26. The first-order valence-corrected chi connectivity index (χ1v) is 7.54. The molecule has 0 aliphatic heterocycles. The van der Waals surface area contributed by atoms with Crippen LogP contribution >= 0.6 is 11.6 Å². The second kappa shape index (κ2) is 7.14. The molecule has 25 heavy (non-hydrogen) atoms. The lowest BCUT2D eigenvalue weighted by Gasteiger charge is -1.99. The van der Waals surface area contributed by atoms with Crippen LogP contribution in [0.25, 0.3) is 22.6 Å². The van der Waals surface area contributed by atoms with Crippen molar-refractivity contribution in [1.29, 1.82) is 0 Å². The van der Waals surface area contributed by atoms with E-state index in [0.717, 1.165) is 11.3 Å². The molecule has 0 fully saturated rings. The Balaban J connectivity index is 1.81. The second-order valence-electron chi connectivity index (χ2n) is 4.98. The van der Waals surface area contributed by atoms with Gasteiger partial charge in [-0.2, -0.15) is 0 Å². The summed E-state index contributed by atoms with van der Waals surface area (Å²) in [4.78, 5) is 10.2. The van der Waals surface area contributed by atoms with E-state index < -0.39 is 4.92 Å². The van der Waals surface area contributed by atoms with Crippen LogP contribution in [0.4, 0.5) is 5.69 Å². The molecule has 7 nitrogen and oxygen atoms in total. The molecular weight excluding hydrogens is 346 g/mol. The SMILES string of the molecule is COc1ccc(C=C(Cl)c2nnc(-c3ccc([N+](=O)[O-])cc3)o2)cc1. The summed E-state index contributed by atoms with van der Waals surface area (Å²) in [7, 11) is 1.59. The number of nitro benzene ring substituents is 1. The van der Waals surface area contributed by atoms with Crippen molar-refractivity contribution in [2.24, 2.45) is 0 Å². The molecule has 0 aliphatic rings. The van der Waals surface area contributed by atoms with E-state index in [1.165, 1.54) is 24.3 Å². The number of nitrogens with zero attached hydrogens (tertiary/aromatic N) is 3. The Labute approximate surface area is 147 Å². The fourth-order valence-corrected chi connectivity index (χ4v) is 2.27. The maximum atomic E-state index is 10.7. The number of nitro groups is 1. The van der Waals surface area contributed by atoms with Gasteiger partial charge in [0.2, 0.25) is 5.89 Å². The quantitative estimate of drug-likeness (QED) is 0.496. The van der Waals surface area contributed by atoms with Crippen molar-refractivity contribution in [2.75, 3.05) is 7.11 Å². The third-order valence-corrected chi connectivity index (χ3v) is 3.63. The number of halogens is 1. The molecule has 0 radical (unpaired) electrons. The van der Waals surface area contributed by atoms with Crippen molar-refractivity contribution < 1.29 is 14.1 Å². The summed E-state index contributed by atoms with van der Waals surface area (Å²) >= 11 is 6.23. The van der Waals surface area contributed by atoms with E-state index in [4.69, 9.17) is 20.8 Å². The van der Waals surface area contributed by atoms with E-state index in [2.05, 4.69) is 10.2 Å². The Kier molecular flexibility index (Phi) is 4.76. The molecule has 1 aromatic heterocycles. The minimum absolute atomic E-state index is 0.0130. The van der Waals surface area contributed by atoms with Gasteiger partial charge in [0.25, 0.3) is 11.6 Å². The highest BCUT2D eigenvalue weighted by atomic mass is 35.5. The van der Waals surface area contributed by atoms with Gasteiger partial charge in [-0.3, -0.25) is 10.1 Å². The van der Waals surface area contributed by atoms with Crippen LogP contribution in [0.3, 0.4) is 0 Å². The van der Waals surface area contributed by atoms with Gasteiger partial charge >= 0.3 is 0 Å². The zero-order chi connectivity index (χ0) is 17.8. The van der Waals surface area contributed by atoms with Gasteiger partial charge in [0.15, 0.2) is 0 Å². The Hall–Kier alpha value is -3.19. The first-order valence-electron chi connectivity index (χ1n) is 7.17. The van der Waals surface area contributed by atoms with Crippen LogP contribution < -0.4 is 4.74 Å². The molecule has 0 N–H and O–H groups in total. The minimum Gasteiger partial charge on any atom is -0.497 e. The Bertz CT molecular complexity index is 918. The molecule has 1 heterocycles. The Morgan fingerprint density at radius 2 is 1.84 bits per heavy atom. The number of hydrogen-bond acceptors (Lipinski definition) is 6. The van der Waals surface area contributed by atoms with Gasteiger partial charge < -0.3 is 9.15 Å². The third-order valence-electron chi connectivity index (χ3n) is 3.36. The largest absolute Gasteiger partial charge is 0.497 e. The average Bonchev–Trinajstić information content (AvgIpc) is 3.13. The molecule has 0 unspecified atom stereocenters. The number of hydrogen-bond donors (Lipinski definition) is 0. The van der Waals surface area contributed by atoms with Gasteiger partial charge in [0.1, 0.15) is 10.8 Å². The fraction of sp³-hybridized carbons (Fsp3) is 0.0588. The highest BCUT2D eigenvalue weighted by molar-refractivity contribution is 6.50. The molecule has 0 spiro atoms. The van der Waals surface area contributed by atoms with E-state index in [1.807, 2.05) is 24.3 Å². The normalized spacial score (nSPS) is 11.4. The predicted octanol–water partition coefficient (Wildman–Crippen LogP) is 4.39. The van der Waals surface area contributed by atoms with Crippen LogP contribution in [0, 0.1) is 10.1 Å². The lowest BCUT2D eigenvalue weighted by atomic mass is 10.2. The van der Waals surface area contributed by atoms with Crippen LogP contribution in [0.1, 0.15) is 11.5 Å². The van der Waals surface area contributed by atoms with E-state index in [1.54, 1.807) is 13.2 Å². The maximum absolute atomic E-state index is 10.7. The summed E-state index contributed by atoms with van der Waals surface area (Å²) in [6, 6.07) is 13.1. The average molecular weight is 358 g/mol. The summed E-state index contributed by atoms with van der Waals surface area (Å²) in [5, 5.41) is 18.8. The van der Waals surface area contributed by atoms with Gasteiger partial charge in [-0.05, 0) is 35.9 Å². The number of rotatable bonds is 5. The van der Waals surface area contributed by atoms with E-state index in [-0.39, 0.29) is 22.5 Å². The molecule has 0 amide bonds.